The third-order valence-electron chi connectivity index (χ3n) is 7.76. The second-order valence-electron chi connectivity index (χ2n) is 10.7. The molecule has 2 N–H and O–H groups in total. The number of alkyl halides is 5. The van der Waals surface area contributed by atoms with Crippen LogP contribution in [-0.2, 0) is 17.6 Å². The van der Waals surface area contributed by atoms with E-state index in [1.165, 1.54) is 5.57 Å². The van der Waals surface area contributed by atoms with Gasteiger partial charge in [0.1, 0.15) is 17.3 Å². The molecule has 2 aromatic rings. The highest BCUT2D eigenvalue weighted by atomic mass is 32.2. The zero-order valence-electron chi connectivity index (χ0n) is 23.1. The number of halogens is 5. The predicted molar refractivity (Wildman–Crippen MR) is 151 cm³/mol. The molecule has 0 heterocycles. The van der Waals surface area contributed by atoms with Crippen LogP contribution < -0.4 is 0 Å². The molecule has 3 nitrogen and oxygen atoms in total. The van der Waals surface area contributed by atoms with Crippen molar-refractivity contribution in [1.82, 2.24) is 0 Å². The van der Waals surface area contributed by atoms with E-state index in [-0.39, 0.29) is 23.8 Å². The molecule has 0 radical (unpaired) electrons. The molecule has 0 saturated carbocycles. The lowest BCUT2D eigenvalue weighted by Crippen LogP contribution is -2.53. The van der Waals surface area contributed by atoms with Gasteiger partial charge in [-0.2, -0.15) is 8.78 Å². The van der Waals surface area contributed by atoms with E-state index in [2.05, 4.69) is 6.92 Å². The standard InChI is InChI=1S/C31H39F5O3S/c1-3-28(32)30(33,34)31(35,36)40(39)18-10-8-6-4-5-7-9-11-23-19-24-20-26(38)16-17-27(24)21(2)29(23)22-12-14-25(37)15-13-22/h12-17,20,23,28,37-38H,3-11,18-19H2,1-2H3. The van der Waals surface area contributed by atoms with Crippen LogP contribution >= 0.6 is 0 Å². The topological polar surface area (TPSA) is 63.5 Å². The van der Waals surface area contributed by atoms with Crippen molar-refractivity contribution in [3.8, 4) is 11.5 Å². The molecular formula is C31H39F5O3S. The van der Waals surface area contributed by atoms with E-state index < -0.39 is 40.7 Å². The van der Waals surface area contributed by atoms with Crippen LogP contribution in [0.5, 0.6) is 11.5 Å². The molecule has 40 heavy (non-hydrogen) atoms. The van der Waals surface area contributed by atoms with Crippen molar-refractivity contribution >= 4 is 22.3 Å². The number of fused-ring (bicyclic) bond motifs is 1. The van der Waals surface area contributed by atoms with Gasteiger partial charge in [-0.15, -0.1) is 8.78 Å². The Bertz CT molecular complexity index is 1140. The number of hydrogen-bond acceptors (Lipinski definition) is 3. The summed E-state index contributed by atoms with van der Waals surface area (Å²) >= 11 is -3.13. The summed E-state index contributed by atoms with van der Waals surface area (Å²) in [6, 6.07) is 12.7. The van der Waals surface area contributed by atoms with Crippen molar-refractivity contribution in [2.75, 3.05) is 5.75 Å². The highest BCUT2D eigenvalue weighted by molar-refractivity contribution is 7.92. The summed E-state index contributed by atoms with van der Waals surface area (Å²) in [7, 11) is 0. The Kier molecular flexibility index (Phi) is 11.4. The van der Waals surface area contributed by atoms with Gasteiger partial charge in [0.15, 0.2) is 6.17 Å². The van der Waals surface area contributed by atoms with Crippen LogP contribution in [0, 0.1) is 5.92 Å². The molecule has 3 atom stereocenters. The van der Waals surface area contributed by atoms with Crippen LogP contribution in [0.25, 0.3) is 11.1 Å². The van der Waals surface area contributed by atoms with Crippen molar-refractivity contribution < 1.29 is 36.7 Å². The van der Waals surface area contributed by atoms with Crippen molar-refractivity contribution in [3.05, 3.63) is 59.2 Å². The van der Waals surface area contributed by atoms with Crippen LogP contribution in [0.1, 0.15) is 88.3 Å². The molecule has 0 aromatic heterocycles. The van der Waals surface area contributed by atoms with E-state index >= 15 is 0 Å². The molecule has 2 aromatic carbocycles. The lowest BCUT2D eigenvalue weighted by molar-refractivity contribution is -0.194. The van der Waals surface area contributed by atoms with Gasteiger partial charge in [-0.1, -0.05) is 57.2 Å². The number of unbranched alkanes of at least 4 members (excludes halogenated alkanes) is 6. The van der Waals surface area contributed by atoms with E-state index in [4.69, 9.17) is 0 Å². The molecule has 3 unspecified atom stereocenters. The summed E-state index contributed by atoms with van der Waals surface area (Å²) in [5.74, 6) is -4.81. The number of benzene rings is 2. The Balaban J connectivity index is 1.45. The summed E-state index contributed by atoms with van der Waals surface area (Å²) in [6.07, 6.45) is 3.00. The van der Waals surface area contributed by atoms with Gasteiger partial charge >= 0.3 is 11.2 Å². The van der Waals surface area contributed by atoms with Crippen molar-refractivity contribution in [2.24, 2.45) is 5.92 Å². The van der Waals surface area contributed by atoms with Crippen LogP contribution in [0.4, 0.5) is 22.0 Å². The average Bonchev–Trinajstić information content (AvgIpc) is 2.91. The van der Waals surface area contributed by atoms with E-state index in [1.807, 2.05) is 24.3 Å². The van der Waals surface area contributed by atoms with Gasteiger partial charge in [0.25, 0.3) is 0 Å². The molecule has 9 heteroatoms. The molecule has 222 valence electrons. The minimum Gasteiger partial charge on any atom is -0.611 e. The van der Waals surface area contributed by atoms with Gasteiger partial charge in [-0.25, -0.2) is 4.39 Å². The summed E-state index contributed by atoms with van der Waals surface area (Å²) < 4.78 is 80.1. The molecule has 3 rings (SSSR count). The molecule has 0 saturated heterocycles. The number of phenolic OH excluding ortho intramolecular Hbond substituents is 2. The monoisotopic (exact) mass is 586 g/mol. The van der Waals surface area contributed by atoms with Gasteiger partial charge in [-0.3, -0.25) is 0 Å². The van der Waals surface area contributed by atoms with Gasteiger partial charge in [0.05, 0.1) is 0 Å². The highest BCUT2D eigenvalue weighted by Gasteiger charge is 2.69. The second-order valence-corrected chi connectivity index (χ2v) is 12.3. The molecule has 0 spiro atoms. The summed E-state index contributed by atoms with van der Waals surface area (Å²) in [4.78, 5) is 0. The molecule has 0 aliphatic heterocycles. The van der Waals surface area contributed by atoms with Gasteiger partial charge in [-0.05, 0) is 97.0 Å². The smallest absolute Gasteiger partial charge is 0.474 e. The number of aromatic hydroxyl groups is 2. The number of rotatable bonds is 15. The molecular weight excluding hydrogens is 547 g/mol. The summed E-state index contributed by atoms with van der Waals surface area (Å²) in [5.41, 5.74) is 5.70. The SMILES string of the molecule is CCC(F)C(F)(F)C(F)(F)[S+]([O-])CCCCCCCCCC1Cc2cc(O)ccc2C(C)=C1c1ccc(O)cc1. The zero-order chi connectivity index (χ0) is 29.5. The fourth-order valence-corrected chi connectivity index (χ4v) is 6.65. The number of hydrogen-bond donors (Lipinski definition) is 2. The lowest BCUT2D eigenvalue weighted by atomic mass is 9.74. The molecule has 1 aliphatic carbocycles. The number of phenols is 2. The third kappa shape index (κ3) is 7.52. The highest BCUT2D eigenvalue weighted by Crippen LogP contribution is 2.45. The maximum absolute atomic E-state index is 13.9. The first-order chi connectivity index (χ1) is 18.9. The first-order valence-electron chi connectivity index (χ1n) is 14.0. The Morgan fingerprint density at radius 1 is 0.900 bits per heavy atom. The average molecular weight is 587 g/mol. The molecule has 1 aliphatic rings. The fourth-order valence-electron chi connectivity index (χ4n) is 5.50. The van der Waals surface area contributed by atoms with Gasteiger partial charge < -0.3 is 14.8 Å². The van der Waals surface area contributed by atoms with E-state index in [1.54, 1.807) is 18.2 Å². The maximum Gasteiger partial charge on any atom is 0.474 e. The van der Waals surface area contributed by atoms with Crippen LogP contribution in [0.15, 0.2) is 42.5 Å². The normalized spacial score (nSPS) is 17.6. The zero-order valence-corrected chi connectivity index (χ0v) is 23.9. The van der Waals surface area contributed by atoms with Crippen LogP contribution in [0.2, 0.25) is 0 Å². The molecule has 0 amide bonds. The largest absolute Gasteiger partial charge is 0.611 e. The van der Waals surface area contributed by atoms with Gasteiger partial charge in [0, 0.05) is 11.2 Å². The second kappa shape index (κ2) is 14.1. The first-order valence-corrected chi connectivity index (χ1v) is 15.3. The van der Waals surface area contributed by atoms with Gasteiger partial charge in [0.2, 0.25) is 0 Å². The summed E-state index contributed by atoms with van der Waals surface area (Å²) in [6.45, 7) is 3.14. The fraction of sp³-hybridized carbons (Fsp3) is 0.548. The quantitative estimate of drug-likeness (QED) is 0.124. The van der Waals surface area contributed by atoms with E-state index in [0.717, 1.165) is 67.7 Å². The van der Waals surface area contributed by atoms with Crippen LogP contribution in [0.3, 0.4) is 0 Å². The lowest BCUT2D eigenvalue weighted by Gasteiger charge is -2.30. The minimum absolute atomic E-state index is 0.121. The van der Waals surface area contributed by atoms with Crippen LogP contribution in [-0.4, -0.2) is 37.9 Å². The Labute approximate surface area is 236 Å². The maximum atomic E-state index is 13.9. The van der Waals surface area contributed by atoms with Crippen molar-refractivity contribution in [1.29, 1.82) is 0 Å². The molecule has 0 fully saturated rings. The minimum atomic E-state index is -4.94. The number of allylic oxidation sites excluding steroid dienone is 2. The van der Waals surface area contributed by atoms with Crippen molar-refractivity contribution in [2.45, 2.75) is 95.4 Å². The first kappa shape index (κ1) is 32.3. The Hall–Kier alpha value is -2.26. The third-order valence-corrected chi connectivity index (χ3v) is 9.26. The van der Waals surface area contributed by atoms with E-state index in [9.17, 15) is 36.7 Å². The van der Waals surface area contributed by atoms with Crippen molar-refractivity contribution in [3.63, 3.8) is 0 Å². The Morgan fingerprint density at radius 3 is 2.10 bits per heavy atom. The molecule has 0 bridgehead atoms. The summed E-state index contributed by atoms with van der Waals surface area (Å²) in [5, 5.41) is 14.9. The van der Waals surface area contributed by atoms with E-state index in [0.29, 0.717) is 12.8 Å². The predicted octanol–water partition coefficient (Wildman–Crippen LogP) is 9.05. The Morgan fingerprint density at radius 2 is 1.48 bits per heavy atom.